The highest BCUT2D eigenvalue weighted by molar-refractivity contribution is 6.60. The van der Waals surface area contributed by atoms with Gasteiger partial charge in [-0.2, -0.15) is 0 Å². The maximum absolute atomic E-state index is 11.5. The lowest BCUT2D eigenvalue weighted by atomic mass is 10.5. The van der Waals surface area contributed by atoms with Crippen molar-refractivity contribution >= 4 is 14.8 Å². The monoisotopic (exact) mass is 336 g/mol. The Labute approximate surface area is 135 Å². The molecule has 132 valence electrons. The average Bonchev–Trinajstić information content (AvgIpc) is 2.49. The van der Waals surface area contributed by atoms with E-state index >= 15 is 0 Å². The van der Waals surface area contributed by atoms with E-state index < -0.39 is 8.80 Å². The molecular weight excluding hydrogens is 304 g/mol. The molecule has 0 aromatic carbocycles. The first kappa shape index (κ1) is 21.3. The second-order valence-corrected chi connectivity index (χ2v) is 7.20. The summed E-state index contributed by atoms with van der Waals surface area (Å²) in [7, 11) is -2.60. The van der Waals surface area contributed by atoms with Gasteiger partial charge < -0.3 is 28.6 Å². The fraction of sp³-hybridized carbons (Fsp3) is 0.929. The molecule has 0 bridgehead atoms. The van der Waals surface area contributed by atoms with Crippen molar-refractivity contribution in [1.29, 1.82) is 0 Å². The van der Waals surface area contributed by atoms with Crippen LogP contribution in [0.15, 0.2) is 0 Å². The van der Waals surface area contributed by atoms with E-state index in [1.54, 1.807) is 0 Å². The van der Waals surface area contributed by atoms with Crippen LogP contribution in [0.5, 0.6) is 0 Å². The molecule has 0 aliphatic heterocycles. The molecule has 0 atom stereocenters. The van der Waals surface area contributed by atoms with Crippen molar-refractivity contribution in [3.05, 3.63) is 0 Å². The Morgan fingerprint density at radius 3 is 1.91 bits per heavy atom. The Balaban J connectivity index is 3.98. The molecule has 0 aromatic heterocycles. The molecule has 0 unspecified atom stereocenters. The van der Waals surface area contributed by atoms with E-state index in [-0.39, 0.29) is 6.03 Å². The van der Waals surface area contributed by atoms with Gasteiger partial charge in [0.25, 0.3) is 0 Å². The average molecular weight is 337 g/mol. The zero-order chi connectivity index (χ0) is 16.7. The molecule has 0 saturated heterocycles. The predicted molar refractivity (Wildman–Crippen MR) is 88.0 cm³/mol. The van der Waals surface area contributed by atoms with Crippen LogP contribution in [-0.4, -0.2) is 61.0 Å². The molecule has 0 aliphatic carbocycles. The molecule has 0 spiro atoms. The SMILES string of the molecule is CCOCCNC(=O)NCCC[Si](OCC)(OCC)OCC. The standard InChI is InChI=1S/C14H32N2O5Si/c1-5-18-12-11-16-14(17)15-10-9-13-22(19-6-2,20-7-3)21-8-4/h5-13H2,1-4H3,(H2,15,16,17). The van der Waals surface area contributed by atoms with Crippen molar-refractivity contribution < 1.29 is 22.8 Å². The number of rotatable bonds is 14. The number of carbonyl (C=O) groups is 1. The van der Waals surface area contributed by atoms with Crippen molar-refractivity contribution in [2.75, 3.05) is 46.1 Å². The Bertz CT molecular complexity index is 265. The normalized spacial score (nSPS) is 11.5. The van der Waals surface area contributed by atoms with Crippen molar-refractivity contribution in [3.8, 4) is 0 Å². The highest BCUT2D eigenvalue weighted by atomic mass is 28.4. The van der Waals surface area contributed by atoms with Gasteiger partial charge in [-0.3, -0.25) is 0 Å². The topological polar surface area (TPSA) is 78.1 Å². The van der Waals surface area contributed by atoms with Crippen LogP contribution in [0.1, 0.15) is 34.1 Å². The minimum Gasteiger partial charge on any atom is -0.380 e. The summed E-state index contributed by atoms with van der Waals surface area (Å²) in [5, 5.41) is 5.54. The molecule has 0 saturated carbocycles. The van der Waals surface area contributed by atoms with E-state index in [1.165, 1.54) is 0 Å². The van der Waals surface area contributed by atoms with Gasteiger partial charge in [0.2, 0.25) is 0 Å². The summed E-state index contributed by atoms with van der Waals surface area (Å²) in [6.45, 7) is 11.7. The Kier molecular flexibility index (Phi) is 13.5. The van der Waals surface area contributed by atoms with Crippen LogP contribution < -0.4 is 10.6 Å². The zero-order valence-corrected chi connectivity index (χ0v) is 15.4. The molecule has 22 heavy (non-hydrogen) atoms. The third-order valence-electron chi connectivity index (χ3n) is 2.77. The molecule has 0 rings (SSSR count). The van der Waals surface area contributed by atoms with E-state index in [1.807, 2.05) is 27.7 Å². The van der Waals surface area contributed by atoms with Crippen LogP contribution >= 0.6 is 0 Å². The van der Waals surface area contributed by atoms with Gasteiger partial charge in [-0.25, -0.2) is 4.79 Å². The fourth-order valence-electron chi connectivity index (χ4n) is 1.95. The second-order valence-electron chi connectivity index (χ2n) is 4.47. The lowest BCUT2D eigenvalue weighted by Crippen LogP contribution is -2.46. The van der Waals surface area contributed by atoms with Crippen LogP contribution in [0.3, 0.4) is 0 Å². The molecule has 0 radical (unpaired) electrons. The summed E-state index contributed by atoms with van der Waals surface area (Å²) in [5.41, 5.74) is 0. The van der Waals surface area contributed by atoms with Gasteiger partial charge in [-0.1, -0.05) is 0 Å². The molecule has 8 heteroatoms. The molecule has 7 nitrogen and oxygen atoms in total. The van der Waals surface area contributed by atoms with Gasteiger partial charge in [-0.05, 0) is 34.1 Å². The first-order chi connectivity index (χ1) is 10.6. The highest BCUT2D eigenvalue weighted by Crippen LogP contribution is 2.17. The van der Waals surface area contributed by atoms with E-state index in [2.05, 4.69) is 10.6 Å². The molecule has 0 aliphatic rings. The number of hydrogen-bond donors (Lipinski definition) is 2. The fourth-order valence-corrected chi connectivity index (χ4v) is 4.56. The summed E-state index contributed by atoms with van der Waals surface area (Å²) in [4.78, 5) is 11.5. The number of nitrogens with one attached hydrogen (secondary N) is 2. The van der Waals surface area contributed by atoms with Gasteiger partial charge in [0, 0.05) is 45.6 Å². The first-order valence-electron chi connectivity index (χ1n) is 8.15. The highest BCUT2D eigenvalue weighted by Gasteiger charge is 2.39. The Morgan fingerprint density at radius 2 is 1.41 bits per heavy atom. The van der Waals surface area contributed by atoms with Crippen LogP contribution in [-0.2, 0) is 18.0 Å². The van der Waals surface area contributed by atoms with E-state index in [0.717, 1.165) is 6.42 Å². The summed E-state index contributed by atoms with van der Waals surface area (Å²) in [6, 6.07) is 0.512. The lowest BCUT2D eigenvalue weighted by molar-refractivity contribution is 0.0708. The molecule has 2 amide bonds. The summed E-state index contributed by atoms with van der Waals surface area (Å²) in [5.74, 6) is 0. The van der Waals surface area contributed by atoms with Gasteiger partial charge in [0.15, 0.2) is 0 Å². The second kappa shape index (κ2) is 14.0. The molecule has 0 aromatic rings. The quantitative estimate of drug-likeness (QED) is 0.373. The minimum absolute atomic E-state index is 0.184. The van der Waals surface area contributed by atoms with Crippen molar-refractivity contribution in [3.63, 3.8) is 0 Å². The van der Waals surface area contributed by atoms with Gasteiger partial charge in [0.1, 0.15) is 0 Å². The van der Waals surface area contributed by atoms with Crippen molar-refractivity contribution in [2.45, 2.75) is 40.2 Å². The molecule has 2 N–H and O–H groups in total. The largest absolute Gasteiger partial charge is 0.500 e. The Hall–Kier alpha value is -0.673. The maximum Gasteiger partial charge on any atom is 0.500 e. The smallest absolute Gasteiger partial charge is 0.380 e. The van der Waals surface area contributed by atoms with Crippen molar-refractivity contribution in [1.82, 2.24) is 10.6 Å². The lowest BCUT2D eigenvalue weighted by Gasteiger charge is -2.28. The number of hydrogen-bond acceptors (Lipinski definition) is 5. The van der Waals surface area contributed by atoms with E-state index in [0.29, 0.717) is 52.2 Å². The third-order valence-corrected chi connectivity index (χ3v) is 5.93. The van der Waals surface area contributed by atoms with Gasteiger partial charge in [0.05, 0.1) is 6.61 Å². The maximum atomic E-state index is 11.5. The first-order valence-corrected chi connectivity index (χ1v) is 10.1. The summed E-state index contributed by atoms with van der Waals surface area (Å²) >= 11 is 0. The van der Waals surface area contributed by atoms with Crippen LogP contribution in [0.4, 0.5) is 4.79 Å². The van der Waals surface area contributed by atoms with Gasteiger partial charge >= 0.3 is 14.8 Å². The number of urea groups is 1. The zero-order valence-electron chi connectivity index (χ0n) is 14.4. The summed E-state index contributed by atoms with van der Waals surface area (Å²) in [6.07, 6.45) is 0.755. The number of amides is 2. The van der Waals surface area contributed by atoms with Crippen molar-refractivity contribution in [2.24, 2.45) is 0 Å². The van der Waals surface area contributed by atoms with E-state index in [4.69, 9.17) is 18.0 Å². The molecule has 0 heterocycles. The van der Waals surface area contributed by atoms with Crippen LogP contribution in [0, 0.1) is 0 Å². The number of carbonyl (C=O) groups excluding carboxylic acids is 1. The molecular formula is C14H32N2O5Si. The van der Waals surface area contributed by atoms with E-state index in [9.17, 15) is 4.79 Å². The minimum atomic E-state index is -2.60. The van der Waals surface area contributed by atoms with Gasteiger partial charge in [-0.15, -0.1) is 0 Å². The predicted octanol–water partition coefficient (Wildman–Crippen LogP) is 1.76. The third kappa shape index (κ3) is 10.1. The van der Waals surface area contributed by atoms with Crippen LogP contribution in [0.2, 0.25) is 6.04 Å². The Morgan fingerprint density at radius 1 is 0.864 bits per heavy atom. The summed E-state index contributed by atoms with van der Waals surface area (Å²) < 4.78 is 22.4. The molecule has 0 fully saturated rings. The van der Waals surface area contributed by atoms with Crippen LogP contribution in [0.25, 0.3) is 0 Å². The number of ether oxygens (including phenoxy) is 1.